The van der Waals surface area contributed by atoms with E-state index in [1.165, 1.54) is 0 Å². The van der Waals surface area contributed by atoms with Crippen molar-refractivity contribution in [1.82, 2.24) is 0 Å². The van der Waals surface area contributed by atoms with Gasteiger partial charge in [-0.1, -0.05) is 51.5 Å². The van der Waals surface area contributed by atoms with Crippen molar-refractivity contribution in [3.63, 3.8) is 0 Å². The number of hydrogen-bond acceptors (Lipinski definition) is 4. The first-order valence-electron chi connectivity index (χ1n) is 6.92. The fraction of sp³-hybridized carbons (Fsp3) is 0.500. The maximum atomic E-state index is 11.6. The van der Waals surface area contributed by atoms with Crippen LogP contribution in [0.3, 0.4) is 0 Å². The summed E-state index contributed by atoms with van der Waals surface area (Å²) in [5, 5.41) is 0. The Kier molecular flexibility index (Phi) is 9.09. The maximum Gasteiger partial charge on any atom is 0.516 e. The number of carbonyl (C=O) groups excluding carboxylic acids is 2. The summed E-state index contributed by atoms with van der Waals surface area (Å²) in [6, 6.07) is 0. The number of allylic oxidation sites excluding steroid dienone is 4. The van der Waals surface area contributed by atoms with E-state index >= 15 is 0 Å². The number of esters is 1. The monoisotopic (exact) mass is 280 g/mol. The van der Waals surface area contributed by atoms with E-state index < -0.39 is 12.1 Å². The second kappa shape index (κ2) is 10.0. The van der Waals surface area contributed by atoms with Crippen LogP contribution in [0.15, 0.2) is 35.5 Å². The lowest BCUT2D eigenvalue weighted by molar-refractivity contribution is -0.135. The Labute approximate surface area is 121 Å². The van der Waals surface area contributed by atoms with Crippen LogP contribution in [0.5, 0.6) is 0 Å². The van der Waals surface area contributed by atoms with Crippen molar-refractivity contribution in [2.45, 2.75) is 41.0 Å². The molecule has 20 heavy (non-hydrogen) atoms. The van der Waals surface area contributed by atoms with Gasteiger partial charge in [0, 0.05) is 0 Å². The zero-order valence-corrected chi connectivity index (χ0v) is 12.9. The zero-order valence-electron chi connectivity index (χ0n) is 12.9. The summed E-state index contributed by atoms with van der Waals surface area (Å²) in [6.45, 7) is 10.0. The van der Waals surface area contributed by atoms with E-state index in [1.807, 2.05) is 40.7 Å². The van der Waals surface area contributed by atoms with Gasteiger partial charge in [0.15, 0.2) is 0 Å². The second-order valence-corrected chi connectivity index (χ2v) is 4.58. The first-order valence-corrected chi connectivity index (χ1v) is 6.92. The molecule has 112 valence electrons. The van der Waals surface area contributed by atoms with E-state index in [1.54, 1.807) is 18.2 Å². The Morgan fingerprint density at radius 3 is 2.55 bits per heavy atom. The molecule has 4 nitrogen and oxygen atoms in total. The van der Waals surface area contributed by atoms with Crippen LogP contribution in [0.1, 0.15) is 41.0 Å². The number of ether oxygens (including phenoxy) is 2. The van der Waals surface area contributed by atoms with Crippen LogP contribution in [-0.4, -0.2) is 18.7 Å². The molecule has 0 aromatic heterocycles. The van der Waals surface area contributed by atoms with Gasteiger partial charge in [0.2, 0.25) is 0 Å². The molecule has 4 heteroatoms. The van der Waals surface area contributed by atoms with E-state index in [2.05, 4.69) is 4.74 Å². The predicted octanol–water partition coefficient (Wildman–Crippen LogP) is 4.18. The zero-order chi connectivity index (χ0) is 15.5. The normalized spacial score (nSPS) is 13.5. The van der Waals surface area contributed by atoms with Gasteiger partial charge in [-0.2, -0.15) is 0 Å². The predicted molar refractivity (Wildman–Crippen MR) is 79.2 cm³/mol. The number of carbonyl (C=O) groups is 2. The topological polar surface area (TPSA) is 52.6 Å². The van der Waals surface area contributed by atoms with Gasteiger partial charge < -0.3 is 9.47 Å². The summed E-state index contributed by atoms with van der Waals surface area (Å²) in [7, 11) is 0. The molecule has 0 spiro atoms. The van der Waals surface area contributed by atoms with E-state index in [4.69, 9.17) is 4.74 Å². The highest BCUT2D eigenvalue weighted by Crippen LogP contribution is 2.12. The molecule has 0 saturated carbocycles. The molecule has 0 aromatic rings. The summed E-state index contributed by atoms with van der Waals surface area (Å²) >= 11 is 0. The third-order valence-corrected chi connectivity index (χ3v) is 2.25. The fourth-order valence-electron chi connectivity index (χ4n) is 1.27. The molecule has 0 unspecified atom stereocenters. The van der Waals surface area contributed by atoms with Crippen molar-refractivity contribution in [3.05, 3.63) is 35.5 Å². The Hall–Kier alpha value is -1.84. The highest BCUT2D eigenvalue weighted by Gasteiger charge is 2.15. The fourth-order valence-corrected chi connectivity index (χ4v) is 1.27. The Bertz CT molecular complexity index is 414. The molecule has 0 fully saturated rings. The molecule has 0 N–H and O–H groups in total. The highest BCUT2D eigenvalue weighted by atomic mass is 16.7. The summed E-state index contributed by atoms with van der Waals surface area (Å²) in [5.41, 5.74) is 1.50. The van der Waals surface area contributed by atoms with E-state index in [-0.39, 0.29) is 12.5 Å². The van der Waals surface area contributed by atoms with Crippen molar-refractivity contribution in [1.29, 1.82) is 0 Å². The van der Waals surface area contributed by atoms with E-state index in [9.17, 15) is 9.59 Å². The lowest BCUT2D eigenvalue weighted by Gasteiger charge is -2.06. The largest absolute Gasteiger partial charge is 0.516 e. The third-order valence-electron chi connectivity index (χ3n) is 2.25. The molecule has 1 aliphatic rings. The first kappa shape index (κ1) is 18.2. The van der Waals surface area contributed by atoms with Gasteiger partial charge in [-0.25, -0.2) is 9.59 Å². The minimum atomic E-state index is -0.947. The highest BCUT2D eigenvalue weighted by molar-refractivity contribution is 5.97. The molecule has 0 atom stereocenters. The lowest BCUT2D eigenvalue weighted by atomic mass is 10.2. The standard InChI is InChI=1S/C14H18O4.C2H6/c1-10(2)9-17-14(16)18-13(15)12-6-4-5-11(3)7-8-12;1-2/h4-6,8,10H,7,9H2,1-3H3;1-2H3. The van der Waals surface area contributed by atoms with Gasteiger partial charge in [0.25, 0.3) is 0 Å². The molecule has 0 saturated heterocycles. The van der Waals surface area contributed by atoms with Gasteiger partial charge in [0.05, 0.1) is 12.2 Å². The SMILES string of the molecule is CC.CC1=CC=CC(C(=O)OC(=O)OCC(C)C)=CC1. The van der Waals surface area contributed by atoms with Crippen molar-refractivity contribution in [3.8, 4) is 0 Å². The van der Waals surface area contributed by atoms with Crippen LogP contribution < -0.4 is 0 Å². The average Bonchev–Trinajstić information content (AvgIpc) is 2.63. The van der Waals surface area contributed by atoms with E-state index in [0.29, 0.717) is 12.0 Å². The van der Waals surface area contributed by atoms with Crippen LogP contribution in [0, 0.1) is 5.92 Å². The van der Waals surface area contributed by atoms with Crippen molar-refractivity contribution in [2.24, 2.45) is 5.92 Å². The van der Waals surface area contributed by atoms with Crippen LogP contribution in [0.25, 0.3) is 0 Å². The summed E-state index contributed by atoms with van der Waals surface area (Å²) in [5.74, 6) is -0.473. The maximum absolute atomic E-state index is 11.6. The molecule has 0 bridgehead atoms. The molecule has 0 aliphatic heterocycles. The van der Waals surface area contributed by atoms with Crippen molar-refractivity contribution >= 4 is 12.1 Å². The summed E-state index contributed by atoms with van der Waals surface area (Å²) in [4.78, 5) is 22.9. The van der Waals surface area contributed by atoms with E-state index in [0.717, 1.165) is 5.57 Å². The Morgan fingerprint density at radius 2 is 1.95 bits per heavy atom. The minimum absolute atomic E-state index is 0.205. The van der Waals surface area contributed by atoms with Crippen LogP contribution in [0.2, 0.25) is 0 Å². The minimum Gasteiger partial charge on any atom is -0.434 e. The number of hydrogen-bond donors (Lipinski definition) is 0. The molecule has 0 heterocycles. The molecular weight excluding hydrogens is 256 g/mol. The molecule has 0 radical (unpaired) electrons. The van der Waals surface area contributed by atoms with Crippen LogP contribution >= 0.6 is 0 Å². The Morgan fingerprint density at radius 1 is 1.30 bits per heavy atom. The van der Waals surface area contributed by atoms with Gasteiger partial charge in [0.1, 0.15) is 0 Å². The summed E-state index contributed by atoms with van der Waals surface area (Å²) < 4.78 is 9.36. The Balaban J connectivity index is 0.00000172. The van der Waals surface area contributed by atoms with Crippen molar-refractivity contribution in [2.75, 3.05) is 6.61 Å². The number of rotatable bonds is 3. The van der Waals surface area contributed by atoms with Crippen LogP contribution in [-0.2, 0) is 14.3 Å². The third kappa shape index (κ3) is 7.56. The molecule has 0 amide bonds. The quantitative estimate of drug-likeness (QED) is 0.575. The molecule has 1 aliphatic carbocycles. The smallest absolute Gasteiger partial charge is 0.434 e. The molecule has 1 rings (SSSR count). The van der Waals surface area contributed by atoms with Gasteiger partial charge in [-0.3, -0.25) is 0 Å². The van der Waals surface area contributed by atoms with Crippen LogP contribution in [0.4, 0.5) is 4.79 Å². The second-order valence-electron chi connectivity index (χ2n) is 4.58. The van der Waals surface area contributed by atoms with Gasteiger partial charge in [-0.15, -0.1) is 0 Å². The lowest BCUT2D eigenvalue weighted by Crippen LogP contribution is -2.17. The molecule has 0 aromatic carbocycles. The van der Waals surface area contributed by atoms with Gasteiger partial charge >= 0.3 is 12.1 Å². The first-order chi connectivity index (χ1) is 9.49. The molecular formula is C16H24O4. The average molecular weight is 280 g/mol. The summed E-state index contributed by atoms with van der Waals surface area (Å²) in [6.07, 6.45) is 6.74. The van der Waals surface area contributed by atoms with Gasteiger partial charge in [-0.05, 0) is 25.3 Å². The van der Waals surface area contributed by atoms with Crippen molar-refractivity contribution < 1.29 is 19.1 Å².